The SMILES string of the molecule is COc1ccc2c(O[C@H]3C[C@H]4C(=O)NCCCCC/C=C\C5C[C@@]5(C(=O)O)NC(=O)[C@@H]4C3)cc(-c3nc(C(C)C)cs3)nc2c1C. The van der Waals surface area contributed by atoms with Crippen LogP contribution in [0.5, 0.6) is 11.5 Å². The normalized spacial score (nSPS) is 27.5. The van der Waals surface area contributed by atoms with Crippen molar-refractivity contribution in [2.45, 2.75) is 83.3 Å². The third-order valence-electron chi connectivity index (χ3n) is 9.64. The molecule has 0 radical (unpaired) electrons. The number of ether oxygens (including phenoxy) is 2. The highest BCUT2D eigenvalue weighted by atomic mass is 32.1. The molecule has 6 rings (SSSR count). The first kappa shape index (κ1) is 32.0. The summed E-state index contributed by atoms with van der Waals surface area (Å²) in [6, 6.07) is 5.69. The second-order valence-electron chi connectivity index (χ2n) is 13.1. The van der Waals surface area contributed by atoms with E-state index < -0.39 is 35.4 Å². The van der Waals surface area contributed by atoms with Gasteiger partial charge in [-0.25, -0.2) is 14.8 Å². The second-order valence-corrected chi connectivity index (χ2v) is 14.0. The van der Waals surface area contributed by atoms with Crippen LogP contribution in [-0.2, 0) is 14.4 Å². The average molecular weight is 647 g/mol. The summed E-state index contributed by atoms with van der Waals surface area (Å²) < 4.78 is 12.3. The van der Waals surface area contributed by atoms with Gasteiger partial charge in [0.2, 0.25) is 11.8 Å². The largest absolute Gasteiger partial charge is 0.496 e. The van der Waals surface area contributed by atoms with Gasteiger partial charge in [-0.2, -0.15) is 0 Å². The Balaban J connectivity index is 1.33. The standard InChI is InChI=1S/C35H42N4O6S/c1-19(2)27-18-46-33(38-27)26-16-29(23-11-12-28(44-4)20(3)30(23)37-26)45-22-14-24-25(15-22)32(41)39-35(34(42)43)17-21(35)10-8-6-5-7-9-13-36-31(24)40/h8,10-12,16,18-19,21-22,24-25H,5-7,9,13-15,17H2,1-4H3,(H,36,40)(H,39,41)(H,42,43)/b10-8-/t21?,22-,24+,25+,35+/m0/s1. The Morgan fingerprint density at radius 3 is 2.59 bits per heavy atom. The Morgan fingerprint density at radius 1 is 1.09 bits per heavy atom. The van der Waals surface area contributed by atoms with Gasteiger partial charge in [0.1, 0.15) is 33.8 Å². The summed E-state index contributed by atoms with van der Waals surface area (Å²) in [5, 5.41) is 19.6. The number of carboxylic acids is 1. The lowest BCUT2D eigenvalue weighted by Gasteiger charge is -2.21. The van der Waals surface area contributed by atoms with E-state index in [9.17, 15) is 19.5 Å². The van der Waals surface area contributed by atoms with Crippen LogP contribution in [0.25, 0.3) is 21.6 Å². The molecule has 5 atom stereocenters. The number of carboxylic acid groups (broad SMARTS) is 1. The third-order valence-corrected chi connectivity index (χ3v) is 10.5. The highest BCUT2D eigenvalue weighted by Gasteiger charge is 2.61. The molecule has 2 amide bonds. The van der Waals surface area contributed by atoms with Crippen LogP contribution in [-0.4, -0.2) is 58.2 Å². The van der Waals surface area contributed by atoms with Crippen LogP contribution in [0, 0.1) is 24.7 Å². The Kier molecular flexibility index (Phi) is 9.05. The van der Waals surface area contributed by atoms with Gasteiger partial charge >= 0.3 is 5.97 Å². The van der Waals surface area contributed by atoms with Gasteiger partial charge in [-0.05, 0) is 63.5 Å². The van der Waals surface area contributed by atoms with Crippen LogP contribution in [0.3, 0.4) is 0 Å². The van der Waals surface area contributed by atoms with E-state index in [4.69, 9.17) is 19.4 Å². The van der Waals surface area contributed by atoms with E-state index >= 15 is 0 Å². The fourth-order valence-corrected chi connectivity index (χ4v) is 7.71. The maximum Gasteiger partial charge on any atom is 0.330 e. The van der Waals surface area contributed by atoms with Gasteiger partial charge in [-0.1, -0.05) is 32.4 Å². The van der Waals surface area contributed by atoms with E-state index in [0.29, 0.717) is 36.6 Å². The number of thiazole rings is 1. The first-order valence-corrected chi connectivity index (χ1v) is 17.1. The Bertz CT molecular complexity index is 1680. The van der Waals surface area contributed by atoms with Gasteiger partial charge in [-0.15, -0.1) is 11.3 Å². The molecule has 1 aliphatic heterocycles. The van der Waals surface area contributed by atoms with E-state index in [2.05, 4.69) is 24.5 Å². The van der Waals surface area contributed by atoms with Crippen molar-refractivity contribution in [2.24, 2.45) is 17.8 Å². The molecule has 3 aliphatic rings. The van der Waals surface area contributed by atoms with Crippen LogP contribution in [0.4, 0.5) is 0 Å². The van der Waals surface area contributed by atoms with Gasteiger partial charge in [0.25, 0.3) is 0 Å². The number of hydrogen-bond acceptors (Lipinski definition) is 8. The molecule has 2 aromatic heterocycles. The highest BCUT2D eigenvalue weighted by Crippen LogP contribution is 2.47. The lowest BCUT2D eigenvalue weighted by Crippen LogP contribution is -2.49. The number of pyridine rings is 1. The molecule has 46 heavy (non-hydrogen) atoms. The van der Waals surface area contributed by atoms with Gasteiger partial charge in [0, 0.05) is 34.9 Å². The van der Waals surface area contributed by atoms with Crippen LogP contribution in [0.1, 0.15) is 76.0 Å². The van der Waals surface area contributed by atoms with Crippen molar-refractivity contribution < 1.29 is 29.0 Å². The lowest BCUT2D eigenvalue weighted by atomic mass is 9.93. The summed E-state index contributed by atoms with van der Waals surface area (Å²) >= 11 is 1.53. The highest BCUT2D eigenvalue weighted by molar-refractivity contribution is 7.13. The second kappa shape index (κ2) is 13.0. The summed E-state index contributed by atoms with van der Waals surface area (Å²) in [6.45, 7) is 6.69. The molecule has 2 saturated carbocycles. The van der Waals surface area contributed by atoms with Gasteiger partial charge < -0.3 is 25.2 Å². The third kappa shape index (κ3) is 6.21. The van der Waals surface area contributed by atoms with Crippen molar-refractivity contribution in [3.63, 3.8) is 0 Å². The molecule has 3 aromatic rings. The fraction of sp³-hybridized carbons (Fsp3) is 0.514. The first-order chi connectivity index (χ1) is 22.1. The van der Waals surface area contributed by atoms with Crippen molar-refractivity contribution in [3.8, 4) is 22.2 Å². The Morgan fingerprint density at radius 2 is 1.87 bits per heavy atom. The average Bonchev–Trinajstić information content (AvgIpc) is 3.33. The zero-order chi connectivity index (χ0) is 32.6. The van der Waals surface area contributed by atoms with E-state index in [-0.39, 0.29) is 24.2 Å². The van der Waals surface area contributed by atoms with E-state index in [0.717, 1.165) is 52.9 Å². The molecule has 0 spiro atoms. The molecule has 1 aromatic carbocycles. The minimum atomic E-state index is -1.33. The molecule has 11 heteroatoms. The molecule has 244 valence electrons. The van der Waals surface area contributed by atoms with Crippen molar-refractivity contribution in [1.29, 1.82) is 0 Å². The van der Waals surface area contributed by atoms with Crippen molar-refractivity contribution in [2.75, 3.05) is 13.7 Å². The molecular formula is C35H42N4O6S. The number of aromatic nitrogens is 2. The number of aryl methyl sites for hydroxylation is 1. The van der Waals surface area contributed by atoms with Crippen molar-refractivity contribution in [3.05, 3.63) is 47.0 Å². The lowest BCUT2D eigenvalue weighted by molar-refractivity contribution is -0.144. The van der Waals surface area contributed by atoms with Crippen LogP contribution in [0.2, 0.25) is 0 Å². The van der Waals surface area contributed by atoms with Gasteiger partial charge in [0.05, 0.1) is 30.2 Å². The molecule has 2 aliphatic carbocycles. The summed E-state index contributed by atoms with van der Waals surface area (Å²) in [4.78, 5) is 49.4. The summed E-state index contributed by atoms with van der Waals surface area (Å²) in [5.74, 6) is -1.70. The molecule has 2 fully saturated rings. The van der Waals surface area contributed by atoms with Crippen LogP contribution < -0.4 is 20.1 Å². The number of allylic oxidation sites excluding steroid dienone is 1. The zero-order valence-corrected chi connectivity index (χ0v) is 27.6. The minimum absolute atomic E-state index is 0.194. The zero-order valence-electron chi connectivity index (χ0n) is 26.8. The maximum absolute atomic E-state index is 13.8. The minimum Gasteiger partial charge on any atom is -0.496 e. The monoisotopic (exact) mass is 646 g/mol. The van der Waals surface area contributed by atoms with E-state index in [1.54, 1.807) is 7.11 Å². The molecule has 10 nitrogen and oxygen atoms in total. The maximum atomic E-state index is 13.8. The van der Waals surface area contributed by atoms with E-state index in [1.165, 1.54) is 11.3 Å². The van der Waals surface area contributed by atoms with Gasteiger partial charge in [-0.3, -0.25) is 9.59 Å². The fourth-order valence-electron chi connectivity index (χ4n) is 6.77. The quantitative estimate of drug-likeness (QED) is 0.287. The summed E-state index contributed by atoms with van der Waals surface area (Å²) in [6.07, 6.45) is 8.04. The summed E-state index contributed by atoms with van der Waals surface area (Å²) in [5.41, 5.74) is 1.93. The number of aliphatic carboxylic acids is 1. The number of benzene rings is 1. The topological polar surface area (TPSA) is 140 Å². The molecule has 3 N–H and O–H groups in total. The first-order valence-electron chi connectivity index (χ1n) is 16.2. The molecule has 0 bridgehead atoms. The number of methoxy groups -OCH3 is 1. The number of nitrogens with one attached hydrogen (secondary N) is 2. The summed E-state index contributed by atoms with van der Waals surface area (Å²) in [7, 11) is 1.63. The van der Waals surface area contributed by atoms with Crippen LogP contribution >= 0.6 is 11.3 Å². The smallest absolute Gasteiger partial charge is 0.330 e. The predicted molar refractivity (Wildman–Crippen MR) is 176 cm³/mol. The Labute approximate surface area is 273 Å². The van der Waals surface area contributed by atoms with E-state index in [1.807, 2.05) is 42.7 Å². The molecular weight excluding hydrogens is 604 g/mol. The van der Waals surface area contributed by atoms with Crippen molar-refractivity contribution >= 4 is 40.0 Å². The Hall–Kier alpha value is -3.99. The number of amides is 2. The molecule has 0 saturated heterocycles. The van der Waals surface area contributed by atoms with Crippen molar-refractivity contribution in [1.82, 2.24) is 20.6 Å². The number of fused-ring (bicyclic) bond motifs is 3. The van der Waals surface area contributed by atoms with Gasteiger partial charge in [0.15, 0.2) is 0 Å². The number of nitrogens with zero attached hydrogens (tertiary/aromatic N) is 2. The number of carbonyl (C=O) groups is 3. The number of carbonyl (C=O) groups excluding carboxylic acids is 2. The number of hydrogen-bond donors (Lipinski definition) is 3. The number of rotatable bonds is 6. The molecule has 1 unspecified atom stereocenters. The predicted octanol–water partition coefficient (Wildman–Crippen LogP) is 5.78. The van der Waals surface area contributed by atoms with Crippen LogP contribution in [0.15, 0.2) is 35.7 Å². The molecule has 3 heterocycles.